The molecule has 2 heterocycles. The van der Waals surface area contributed by atoms with E-state index in [1.165, 1.54) is 0 Å². The van der Waals surface area contributed by atoms with Crippen LogP contribution in [0.25, 0.3) is 0 Å². The summed E-state index contributed by atoms with van der Waals surface area (Å²) in [5.41, 5.74) is -1.18. The van der Waals surface area contributed by atoms with Crippen molar-refractivity contribution < 1.29 is 74.2 Å². The Kier molecular flexibility index (Phi) is 8.29. The topological polar surface area (TPSA) is 250 Å². The second-order valence-electron chi connectivity index (χ2n) is 9.53. The minimum Gasteiger partial charge on any atom is -0.507 e. The van der Waals surface area contributed by atoms with Crippen LogP contribution >= 0.6 is 0 Å². The van der Waals surface area contributed by atoms with Crippen LogP contribution in [-0.4, -0.2) is 109 Å². The van der Waals surface area contributed by atoms with Gasteiger partial charge in [0.05, 0.1) is 25.0 Å². The Balaban J connectivity index is 1.51. The molecule has 214 valence electrons. The fraction of sp³-hybridized carbons (Fsp3) is 0.542. The van der Waals surface area contributed by atoms with E-state index in [9.17, 15) is 50.1 Å². The molecule has 1 saturated carbocycles. The molecule has 0 radical (unpaired) electrons. The van der Waals surface area contributed by atoms with E-state index in [-0.39, 0.29) is 12.2 Å². The summed E-state index contributed by atoms with van der Waals surface area (Å²) in [7, 11) is 0. The second kappa shape index (κ2) is 11.3. The lowest BCUT2D eigenvalue weighted by Crippen LogP contribution is -2.60. The lowest BCUT2D eigenvalue weighted by atomic mass is 9.83. The van der Waals surface area contributed by atoms with Crippen molar-refractivity contribution in [3.63, 3.8) is 0 Å². The molecule has 15 nitrogen and oxygen atoms in total. The molecule has 9 atom stereocenters. The van der Waals surface area contributed by atoms with Crippen molar-refractivity contribution in [2.75, 3.05) is 13.2 Å². The number of ether oxygens (including phenoxy) is 4. The number of aliphatic carboxylic acids is 1. The number of aromatic hydroxyl groups is 2. The number of aromatic carboxylic acids is 1. The highest BCUT2D eigenvalue weighted by atomic mass is 16.8. The summed E-state index contributed by atoms with van der Waals surface area (Å²) < 4.78 is 21.9. The van der Waals surface area contributed by atoms with E-state index in [4.69, 9.17) is 24.1 Å². The fourth-order valence-corrected chi connectivity index (χ4v) is 5.21. The molecule has 0 amide bonds. The number of aliphatic hydroxyl groups excluding tert-OH is 4. The SMILES string of the molecule is O=C(O)C1=CO[C@@H](O[C@@H]2O[C@H](CO)[C@@H](O)[C@H](O)[C@H]2O)C2C1CC[C@@H]2COC(=O)c1cc(O)c(C(=O)O)cc1O. The normalized spacial score (nSPS) is 33.9. The number of hydrogen-bond acceptors (Lipinski definition) is 13. The Morgan fingerprint density at radius 2 is 1.56 bits per heavy atom. The van der Waals surface area contributed by atoms with E-state index < -0.39 is 102 Å². The third kappa shape index (κ3) is 5.50. The zero-order valence-corrected chi connectivity index (χ0v) is 20.2. The van der Waals surface area contributed by atoms with E-state index in [2.05, 4.69) is 0 Å². The van der Waals surface area contributed by atoms with Gasteiger partial charge < -0.3 is 59.8 Å². The zero-order chi connectivity index (χ0) is 28.6. The highest BCUT2D eigenvalue weighted by molar-refractivity contribution is 5.97. The van der Waals surface area contributed by atoms with Gasteiger partial charge >= 0.3 is 17.9 Å². The van der Waals surface area contributed by atoms with Crippen LogP contribution in [0.4, 0.5) is 0 Å². The molecule has 2 fully saturated rings. The minimum absolute atomic E-state index is 0.0608. The molecule has 2 aliphatic heterocycles. The number of carboxylic acid groups (broad SMARTS) is 2. The van der Waals surface area contributed by atoms with E-state index in [0.717, 1.165) is 12.3 Å². The van der Waals surface area contributed by atoms with Gasteiger partial charge in [0.2, 0.25) is 6.29 Å². The first-order chi connectivity index (χ1) is 18.4. The van der Waals surface area contributed by atoms with Crippen LogP contribution in [-0.2, 0) is 23.7 Å². The Hall–Kier alpha value is -3.47. The minimum atomic E-state index is -1.74. The number of phenols is 2. The first-order valence-corrected chi connectivity index (χ1v) is 12.0. The van der Waals surface area contributed by atoms with Crippen LogP contribution in [0.1, 0.15) is 33.6 Å². The van der Waals surface area contributed by atoms with Crippen LogP contribution in [0.3, 0.4) is 0 Å². The van der Waals surface area contributed by atoms with Crippen molar-refractivity contribution >= 4 is 17.9 Å². The molecule has 2 unspecified atom stereocenters. The largest absolute Gasteiger partial charge is 0.507 e. The summed E-state index contributed by atoms with van der Waals surface area (Å²) in [6.45, 7) is -1.01. The van der Waals surface area contributed by atoms with Gasteiger partial charge in [-0.05, 0) is 25.0 Å². The number of benzene rings is 1. The van der Waals surface area contributed by atoms with Crippen molar-refractivity contribution in [3.05, 3.63) is 35.1 Å². The molecule has 8 N–H and O–H groups in total. The molecule has 39 heavy (non-hydrogen) atoms. The van der Waals surface area contributed by atoms with E-state index in [0.29, 0.717) is 18.9 Å². The van der Waals surface area contributed by atoms with E-state index in [1.54, 1.807) is 0 Å². The molecule has 3 aliphatic rings. The number of aliphatic hydroxyl groups is 4. The molecule has 0 spiro atoms. The molecule has 1 aliphatic carbocycles. The molecule has 0 bridgehead atoms. The number of hydrogen-bond donors (Lipinski definition) is 8. The summed E-state index contributed by atoms with van der Waals surface area (Å²) in [6, 6.07) is 1.45. The fourth-order valence-electron chi connectivity index (χ4n) is 5.21. The van der Waals surface area contributed by atoms with Gasteiger partial charge in [-0.2, -0.15) is 0 Å². The summed E-state index contributed by atoms with van der Waals surface area (Å²) in [6.07, 6.45) is -7.48. The van der Waals surface area contributed by atoms with Crippen LogP contribution in [0.2, 0.25) is 0 Å². The monoisotopic (exact) mass is 556 g/mol. The number of rotatable bonds is 8. The van der Waals surface area contributed by atoms with Crippen molar-refractivity contribution in [1.29, 1.82) is 0 Å². The lowest BCUT2D eigenvalue weighted by Gasteiger charge is -2.43. The van der Waals surface area contributed by atoms with Crippen molar-refractivity contribution in [2.24, 2.45) is 17.8 Å². The Morgan fingerprint density at radius 3 is 2.21 bits per heavy atom. The predicted octanol–water partition coefficient (Wildman–Crippen LogP) is -1.26. The van der Waals surface area contributed by atoms with Crippen molar-refractivity contribution in [2.45, 2.75) is 49.8 Å². The average molecular weight is 556 g/mol. The maximum Gasteiger partial charge on any atom is 0.342 e. The number of carbonyl (C=O) groups is 3. The number of phenolic OH excluding ortho intramolecular Hbond substituents is 1. The van der Waals surface area contributed by atoms with Crippen molar-refractivity contribution in [3.8, 4) is 11.5 Å². The number of fused-ring (bicyclic) bond motifs is 1. The highest BCUT2D eigenvalue weighted by Crippen LogP contribution is 2.47. The Morgan fingerprint density at radius 1 is 0.897 bits per heavy atom. The van der Waals surface area contributed by atoms with Crippen LogP contribution in [0, 0.1) is 17.8 Å². The van der Waals surface area contributed by atoms with Gasteiger partial charge in [0.25, 0.3) is 0 Å². The molecule has 0 aromatic heterocycles. The maximum absolute atomic E-state index is 12.6. The van der Waals surface area contributed by atoms with Gasteiger partial charge in [0, 0.05) is 17.8 Å². The third-order valence-electron chi connectivity index (χ3n) is 7.26. The standard InChI is InChI=1S/C24H28O15/c25-5-15-17(28)18(29)19(30)24(38-15)39-23-16-8(1-2-9(16)12(7-37-23)21(33)34)6-36-22(35)11-4-13(26)10(20(31)32)3-14(11)27/h3-4,7-9,15-19,23-30H,1-2,5-6H2,(H,31,32)(H,33,34)/t8-,9?,15-,16?,17-,18+,19-,23+,24+/m1/s1. The number of esters is 1. The van der Waals surface area contributed by atoms with Crippen LogP contribution in [0.15, 0.2) is 24.0 Å². The molecule has 1 saturated heterocycles. The summed E-state index contributed by atoms with van der Waals surface area (Å²) in [5, 5.41) is 78.4. The number of carboxylic acids is 2. The molecular weight excluding hydrogens is 528 g/mol. The smallest absolute Gasteiger partial charge is 0.342 e. The highest BCUT2D eigenvalue weighted by Gasteiger charge is 2.52. The lowest BCUT2D eigenvalue weighted by molar-refractivity contribution is -0.342. The summed E-state index contributed by atoms with van der Waals surface area (Å²) in [5.74, 6) is -7.29. The zero-order valence-electron chi connectivity index (χ0n) is 20.2. The third-order valence-corrected chi connectivity index (χ3v) is 7.26. The van der Waals surface area contributed by atoms with Gasteiger partial charge in [0.1, 0.15) is 47.0 Å². The maximum atomic E-state index is 12.6. The summed E-state index contributed by atoms with van der Waals surface area (Å²) >= 11 is 0. The van der Waals surface area contributed by atoms with Gasteiger partial charge in [-0.25, -0.2) is 14.4 Å². The van der Waals surface area contributed by atoms with Crippen LogP contribution in [0.5, 0.6) is 11.5 Å². The number of carbonyl (C=O) groups excluding carboxylic acids is 1. The van der Waals surface area contributed by atoms with E-state index in [1.807, 2.05) is 0 Å². The predicted molar refractivity (Wildman–Crippen MR) is 122 cm³/mol. The average Bonchev–Trinajstić information content (AvgIpc) is 3.32. The van der Waals surface area contributed by atoms with Crippen LogP contribution < -0.4 is 0 Å². The first-order valence-electron chi connectivity index (χ1n) is 12.0. The molecular formula is C24H28O15. The molecule has 4 rings (SSSR count). The molecule has 15 heteroatoms. The van der Waals surface area contributed by atoms with Gasteiger partial charge in [-0.3, -0.25) is 0 Å². The van der Waals surface area contributed by atoms with E-state index >= 15 is 0 Å². The van der Waals surface area contributed by atoms with Gasteiger partial charge in [-0.15, -0.1) is 0 Å². The summed E-state index contributed by atoms with van der Waals surface area (Å²) in [4.78, 5) is 35.5. The van der Waals surface area contributed by atoms with Crippen molar-refractivity contribution in [1.82, 2.24) is 0 Å². The Bertz CT molecular complexity index is 1150. The first kappa shape index (κ1) is 28.5. The van der Waals surface area contributed by atoms with Gasteiger partial charge in [-0.1, -0.05) is 0 Å². The quantitative estimate of drug-likeness (QED) is 0.137. The second-order valence-corrected chi connectivity index (χ2v) is 9.53. The Labute approximate surface area is 220 Å². The van der Waals surface area contributed by atoms with Gasteiger partial charge in [0.15, 0.2) is 6.29 Å². The molecule has 1 aromatic rings. The molecule has 1 aromatic carbocycles.